The van der Waals surface area contributed by atoms with Crippen LogP contribution < -0.4 is 0 Å². The Labute approximate surface area is 145 Å². The van der Waals surface area contributed by atoms with E-state index in [0.29, 0.717) is 0 Å². The molecule has 0 saturated heterocycles. The van der Waals surface area contributed by atoms with Crippen molar-refractivity contribution in [3.05, 3.63) is 76.4 Å². The largest absolute Gasteiger partial charge is 0.280 e. The van der Waals surface area contributed by atoms with E-state index >= 15 is 0 Å². The van der Waals surface area contributed by atoms with Gasteiger partial charge in [-0.15, -0.1) is 0 Å². The number of benzene rings is 2. The van der Waals surface area contributed by atoms with E-state index in [4.69, 9.17) is 4.99 Å². The molecule has 0 bridgehead atoms. The van der Waals surface area contributed by atoms with E-state index in [-0.39, 0.29) is 6.04 Å². The third-order valence-electron chi connectivity index (χ3n) is 4.81. The van der Waals surface area contributed by atoms with Gasteiger partial charge < -0.3 is 0 Å². The summed E-state index contributed by atoms with van der Waals surface area (Å²) in [5, 5.41) is 0. The van der Waals surface area contributed by atoms with Gasteiger partial charge in [0.05, 0.1) is 6.04 Å². The first kappa shape index (κ1) is 16.4. The minimum Gasteiger partial charge on any atom is -0.280 e. The van der Waals surface area contributed by atoms with Crippen molar-refractivity contribution < 1.29 is 0 Å². The van der Waals surface area contributed by atoms with Crippen LogP contribution in [0.4, 0.5) is 0 Å². The van der Waals surface area contributed by atoms with Gasteiger partial charge in [-0.3, -0.25) is 4.99 Å². The molecule has 1 aliphatic heterocycles. The van der Waals surface area contributed by atoms with Crippen LogP contribution >= 0.6 is 0 Å². The maximum absolute atomic E-state index is 4.74. The van der Waals surface area contributed by atoms with Crippen molar-refractivity contribution in [3.8, 4) is 11.1 Å². The van der Waals surface area contributed by atoms with Crippen LogP contribution in [0, 0.1) is 13.8 Å². The van der Waals surface area contributed by atoms with E-state index in [2.05, 4.69) is 77.6 Å². The molecule has 0 saturated carbocycles. The molecule has 2 aromatic carbocycles. The molecular weight excluding hydrogens is 290 g/mol. The molecule has 0 aromatic heterocycles. The molecule has 1 nitrogen and oxygen atoms in total. The summed E-state index contributed by atoms with van der Waals surface area (Å²) in [7, 11) is 0. The molecule has 1 atom stereocenters. The molecule has 0 fully saturated rings. The van der Waals surface area contributed by atoms with Crippen molar-refractivity contribution in [2.45, 2.75) is 40.7 Å². The molecule has 2 aromatic rings. The SMILES string of the molecule is C=C(C)c1ccc(-c2cc(C)cc(C)c2)cc1C1N=CC(C)=C1C. The van der Waals surface area contributed by atoms with Crippen molar-refractivity contribution in [2.24, 2.45) is 4.99 Å². The number of rotatable bonds is 3. The Balaban J connectivity index is 2.17. The molecule has 1 heteroatoms. The average Bonchev–Trinajstić information content (AvgIpc) is 2.85. The first-order chi connectivity index (χ1) is 11.4. The van der Waals surface area contributed by atoms with Gasteiger partial charge in [-0.1, -0.05) is 53.6 Å². The molecule has 0 spiro atoms. The maximum Gasteiger partial charge on any atom is 0.0969 e. The monoisotopic (exact) mass is 315 g/mol. The van der Waals surface area contributed by atoms with Gasteiger partial charge in [-0.05, 0) is 74.1 Å². The Kier molecular flexibility index (Phi) is 4.28. The lowest BCUT2D eigenvalue weighted by Crippen LogP contribution is -2.00. The second kappa shape index (κ2) is 6.24. The Morgan fingerprint density at radius 2 is 1.58 bits per heavy atom. The fourth-order valence-electron chi connectivity index (χ4n) is 3.43. The van der Waals surface area contributed by atoms with Crippen LogP contribution in [0.2, 0.25) is 0 Å². The van der Waals surface area contributed by atoms with Crippen molar-refractivity contribution in [1.29, 1.82) is 0 Å². The van der Waals surface area contributed by atoms with Gasteiger partial charge in [0, 0.05) is 6.21 Å². The lowest BCUT2D eigenvalue weighted by Gasteiger charge is -2.18. The summed E-state index contributed by atoms with van der Waals surface area (Å²) >= 11 is 0. The summed E-state index contributed by atoms with van der Waals surface area (Å²) in [5.41, 5.74) is 11.2. The van der Waals surface area contributed by atoms with Gasteiger partial charge in [0.2, 0.25) is 0 Å². The number of aryl methyl sites for hydroxylation is 2. The Hall–Kier alpha value is -2.41. The second-order valence-electron chi connectivity index (χ2n) is 7.01. The normalized spacial score (nSPS) is 16.8. The first-order valence-corrected chi connectivity index (χ1v) is 8.46. The molecule has 0 amide bonds. The van der Waals surface area contributed by atoms with Crippen molar-refractivity contribution in [2.75, 3.05) is 0 Å². The van der Waals surface area contributed by atoms with Crippen LogP contribution in [0.15, 0.2) is 59.1 Å². The van der Waals surface area contributed by atoms with Crippen molar-refractivity contribution >= 4 is 11.8 Å². The van der Waals surface area contributed by atoms with E-state index in [1.54, 1.807) is 0 Å². The zero-order valence-electron chi connectivity index (χ0n) is 15.3. The highest BCUT2D eigenvalue weighted by atomic mass is 14.8. The fraction of sp³-hybridized carbons (Fsp3) is 0.261. The highest BCUT2D eigenvalue weighted by molar-refractivity contribution is 5.84. The molecule has 1 aliphatic rings. The number of hydrogen-bond acceptors (Lipinski definition) is 1. The fourth-order valence-corrected chi connectivity index (χ4v) is 3.43. The minimum absolute atomic E-state index is 0.113. The predicted molar refractivity (Wildman–Crippen MR) is 106 cm³/mol. The second-order valence-corrected chi connectivity index (χ2v) is 7.01. The van der Waals surface area contributed by atoms with Crippen LogP contribution in [0.1, 0.15) is 49.1 Å². The van der Waals surface area contributed by atoms with E-state index in [1.807, 2.05) is 6.21 Å². The molecule has 122 valence electrons. The molecule has 0 aliphatic carbocycles. The van der Waals surface area contributed by atoms with Crippen LogP contribution in [0.3, 0.4) is 0 Å². The lowest BCUT2D eigenvalue weighted by molar-refractivity contribution is 0.864. The van der Waals surface area contributed by atoms with Gasteiger partial charge in [0.25, 0.3) is 0 Å². The van der Waals surface area contributed by atoms with Crippen LogP contribution in [0.25, 0.3) is 16.7 Å². The van der Waals surface area contributed by atoms with Gasteiger partial charge in [-0.25, -0.2) is 0 Å². The third kappa shape index (κ3) is 2.99. The smallest absolute Gasteiger partial charge is 0.0969 e. The Morgan fingerprint density at radius 3 is 2.12 bits per heavy atom. The summed E-state index contributed by atoms with van der Waals surface area (Å²) in [5.74, 6) is 0. The summed E-state index contributed by atoms with van der Waals surface area (Å²) < 4.78 is 0. The molecule has 24 heavy (non-hydrogen) atoms. The molecular formula is C23H25N. The Bertz CT molecular complexity index is 861. The quantitative estimate of drug-likeness (QED) is 0.616. The highest BCUT2D eigenvalue weighted by Gasteiger charge is 2.21. The molecule has 0 N–H and O–H groups in total. The molecule has 0 radical (unpaired) electrons. The number of nitrogens with zero attached hydrogens (tertiary/aromatic N) is 1. The van der Waals surface area contributed by atoms with E-state index in [0.717, 1.165) is 5.57 Å². The Morgan fingerprint density at radius 1 is 0.917 bits per heavy atom. The molecule has 3 rings (SSSR count). The predicted octanol–water partition coefficient (Wildman–Crippen LogP) is 6.47. The number of allylic oxidation sites excluding steroid dienone is 2. The highest BCUT2D eigenvalue weighted by Crippen LogP contribution is 2.38. The average molecular weight is 315 g/mol. The van der Waals surface area contributed by atoms with Crippen LogP contribution in [-0.4, -0.2) is 6.21 Å². The van der Waals surface area contributed by atoms with Gasteiger partial charge in [0.15, 0.2) is 0 Å². The summed E-state index contributed by atoms with van der Waals surface area (Å²) in [6, 6.07) is 13.5. The van der Waals surface area contributed by atoms with Gasteiger partial charge in [0.1, 0.15) is 0 Å². The maximum atomic E-state index is 4.74. The topological polar surface area (TPSA) is 12.4 Å². The lowest BCUT2D eigenvalue weighted by atomic mass is 9.89. The summed E-state index contributed by atoms with van der Waals surface area (Å²) in [4.78, 5) is 4.74. The number of hydrogen-bond donors (Lipinski definition) is 0. The zero-order chi connectivity index (χ0) is 17.4. The zero-order valence-corrected chi connectivity index (χ0v) is 15.3. The standard InChI is InChI=1S/C23H25N/c1-14(2)21-8-7-19(20-10-15(3)9-16(4)11-20)12-22(21)23-18(6)17(5)13-24-23/h7-13,23H,1H2,2-6H3. The molecule has 1 heterocycles. The van der Waals surface area contributed by atoms with Crippen molar-refractivity contribution in [3.63, 3.8) is 0 Å². The third-order valence-corrected chi connectivity index (χ3v) is 4.81. The number of aliphatic imine (C=N–C) groups is 1. The molecule has 1 unspecified atom stereocenters. The van der Waals surface area contributed by atoms with E-state index < -0.39 is 0 Å². The van der Waals surface area contributed by atoms with Crippen molar-refractivity contribution in [1.82, 2.24) is 0 Å². The van der Waals surface area contributed by atoms with Crippen LogP contribution in [0.5, 0.6) is 0 Å². The van der Waals surface area contributed by atoms with Gasteiger partial charge >= 0.3 is 0 Å². The summed E-state index contributed by atoms with van der Waals surface area (Å²) in [6.45, 7) is 14.8. The van der Waals surface area contributed by atoms with Gasteiger partial charge in [-0.2, -0.15) is 0 Å². The van der Waals surface area contributed by atoms with E-state index in [9.17, 15) is 0 Å². The van der Waals surface area contributed by atoms with E-state index in [1.165, 1.54) is 44.5 Å². The summed E-state index contributed by atoms with van der Waals surface area (Å²) in [6.07, 6.45) is 1.99. The first-order valence-electron chi connectivity index (χ1n) is 8.46. The van der Waals surface area contributed by atoms with Crippen LogP contribution in [-0.2, 0) is 0 Å². The minimum atomic E-state index is 0.113.